The molecule has 0 spiro atoms. The van der Waals surface area contributed by atoms with Crippen LogP contribution in [0.15, 0.2) is 46.0 Å². The Morgan fingerprint density at radius 1 is 1.15 bits per heavy atom. The number of furan rings is 1. The molecule has 3 amide bonds. The van der Waals surface area contributed by atoms with Crippen LogP contribution in [0.25, 0.3) is 10.9 Å². The Labute approximate surface area is 161 Å². The number of imide groups is 1. The van der Waals surface area contributed by atoms with E-state index in [1.807, 2.05) is 19.9 Å². The first-order valence-corrected chi connectivity index (χ1v) is 9.52. The van der Waals surface area contributed by atoms with Gasteiger partial charge in [0.15, 0.2) is 0 Å². The normalized spacial score (nSPS) is 10.8. The van der Waals surface area contributed by atoms with Crippen molar-refractivity contribution in [3.05, 3.63) is 59.0 Å². The van der Waals surface area contributed by atoms with Crippen molar-refractivity contribution in [3.8, 4) is 0 Å². The van der Waals surface area contributed by atoms with Gasteiger partial charge in [-0.2, -0.15) is 0 Å². The molecule has 3 aromatic rings. The van der Waals surface area contributed by atoms with Crippen LogP contribution in [0, 0.1) is 20.8 Å². The quantitative estimate of drug-likeness (QED) is 0.654. The van der Waals surface area contributed by atoms with Gasteiger partial charge in [0.1, 0.15) is 5.76 Å². The van der Waals surface area contributed by atoms with Crippen LogP contribution in [-0.4, -0.2) is 22.7 Å². The second kappa shape index (κ2) is 8.26. The fourth-order valence-electron chi connectivity index (χ4n) is 2.82. The van der Waals surface area contributed by atoms with Gasteiger partial charge < -0.3 is 9.73 Å². The molecule has 6 nitrogen and oxygen atoms in total. The number of fused-ring (bicyclic) bond motifs is 1. The van der Waals surface area contributed by atoms with Gasteiger partial charge in [-0.05, 0) is 56.2 Å². The third-order valence-corrected chi connectivity index (χ3v) is 4.95. The molecule has 0 fully saturated rings. The first-order valence-electron chi connectivity index (χ1n) is 8.54. The fraction of sp³-hybridized carbons (Fsp3) is 0.250. The molecule has 27 heavy (non-hydrogen) atoms. The first kappa shape index (κ1) is 19.0. The second-order valence-corrected chi connectivity index (χ2v) is 7.35. The summed E-state index contributed by atoms with van der Waals surface area (Å²) in [7, 11) is 0. The van der Waals surface area contributed by atoms with Gasteiger partial charge in [-0.25, -0.2) is 9.78 Å². The number of urea groups is 1. The molecule has 0 unspecified atom stereocenters. The van der Waals surface area contributed by atoms with Gasteiger partial charge in [0.25, 0.3) is 0 Å². The Morgan fingerprint density at radius 3 is 2.70 bits per heavy atom. The van der Waals surface area contributed by atoms with Crippen LogP contribution in [0.5, 0.6) is 0 Å². The average Bonchev–Trinajstić information content (AvgIpc) is 3.13. The number of pyridine rings is 1. The van der Waals surface area contributed by atoms with E-state index in [9.17, 15) is 9.59 Å². The number of rotatable bonds is 5. The maximum absolute atomic E-state index is 12.0. The molecule has 2 N–H and O–H groups in total. The Morgan fingerprint density at radius 2 is 1.96 bits per heavy atom. The maximum Gasteiger partial charge on any atom is 0.321 e. The number of amides is 3. The van der Waals surface area contributed by atoms with Crippen LogP contribution < -0.4 is 10.6 Å². The molecule has 0 aliphatic heterocycles. The lowest BCUT2D eigenvalue weighted by Crippen LogP contribution is -2.39. The monoisotopic (exact) mass is 383 g/mol. The summed E-state index contributed by atoms with van der Waals surface area (Å²) in [6.45, 7) is 6.36. The summed E-state index contributed by atoms with van der Waals surface area (Å²) >= 11 is 1.31. The highest BCUT2D eigenvalue weighted by molar-refractivity contribution is 7.99. The van der Waals surface area contributed by atoms with Crippen LogP contribution >= 0.6 is 11.8 Å². The van der Waals surface area contributed by atoms with E-state index < -0.39 is 6.03 Å². The Bertz CT molecular complexity index is 984. The molecule has 3 rings (SSSR count). The highest BCUT2D eigenvalue weighted by Crippen LogP contribution is 2.26. The summed E-state index contributed by atoms with van der Waals surface area (Å²) in [5.41, 5.74) is 4.37. The molecule has 0 aliphatic carbocycles. The molecule has 140 valence electrons. The predicted octanol–water partition coefficient (Wildman–Crippen LogP) is 3.87. The fourth-order valence-corrected chi connectivity index (χ4v) is 3.58. The number of benzene rings is 1. The van der Waals surface area contributed by atoms with Crippen LogP contribution in [-0.2, 0) is 11.3 Å². The molecule has 7 heteroatoms. The lowest BCUT2D eigenvalue weighted by molar-refractivity contribution is -0.117. The molecule has 0 saturated heterocycles. The van der Waals surface area contributed by atoms with Crippen molar-refractivity contribution in [1.82, 2.24) is 15.6 Å². The van der Waals surface area contributed by atoms with Crippen molar-refractivity contribution in [2.75, 3.05) is 5.75 Å². The number of aryl methyl sites for hydroxylation is 3. The molecule has 2 aromatic heterocycles. The molecular formula is C20H21N3O3S. The van der Waals surface area contributed by atoms with Crippen molar-refractivity contribution in [2.24, 2.45) is 0 Å². The molecule has 0 bridgehead atoms. The largest absolute Gasteiger partial charge is 0.467 e. The van der Waals surface area contributed by atoms with E-state index in [1.165, 1.54) is 23.6 Å². The van der Waals surface area contributed by atoms with Crippen molar-refractivity contribution in [2.45, 2.75) is 32.3 Å². The Balaban J connectivity index is 1.57. The van der Waals surface area contributed by atoms with Gasteiger partial charge in [-0.3, -0.25) is 10.1 Å². The smallest absolute Gasteiger partial charge is 0.321 e. The van der Waals surface area contributed by atoms with Gasteiger partial charge >= 0.3 is 6.03 Å². The third kappa shape index (κ3) is 4.89. The number of carbonyl (C=O) groups excluding carboxylic acids is 2. The summed E-state index contributed by atoms with van der Waals surface area (Å²) in [5, 5.41) is 6.76. The van der Waals surface area contributed by atoms with Crippen LogP contribution in [0.2, 0.25) is 0 Å². The SMILES string of the molecule is Cc1cc(C)c2nc(SCC(=O)NC(=O)NCc3ccco3)cc(C)c2c1. The van der Waals surface area contributed by atoms with Crippen molar-refractivity contribution in [3.63, 3.8) is 0 Å². The second-order valence-electron chi connectivity index (χ2n) is 6.35. The number of thioether (sulfide) groups is 1. The number of carbonyl (C=O) groups is 2. The zero-order valence-corrected chi connectivity index (χ0v) is 16.3. The zero-order valence-electron chi connectivity index (χ0n) is 15.5. The van der Waals surface area contributed by atoms with Crippen LogP contribution in [0.3, 0.4) is 0 Å². The lowest BCUT2D eigenvalue weighted by Gasteiger charge is -2.10. The predicted molar refractivity (Wildman–Crippen MR) is 106 cm³/mol. The molecule has 0 atom stereocenters. The number of hydrogen-bond acceptors (Lipinski definition) is 5. The van der Waals surface area contributed by atoms with E-state index in [1.54, 1.807) is 12.1 Å². The third-order valence-electron chi connectivity index (χ3n) is 4.04. The number of nitrogens with one attached hydrogen (secondary N) is 2. The minimum Gasteiger partial charge on any atom is -0.467 e. The summed E-state index contributed by atoms with van der Waals surface area (Å²) in [6, 6.07) is 9.11. The van der Waals surface area contributed by atoms with Gasteiger partial charge in [0, 0.05) is 5.39 Å². The standard InChI is InChI=1S/C20H21N3O3S/c1-12-7-14(3)19-16(8-12)13(2)9-18(23-19)27-11-17(24)22-20(25)21-10-15-5-4-6-26-15/h4-9H,10-11H2,1-3H3,(H2,21,22,24,25). The molecule has 0 radical (unpaired) electrons. The zero-order chi connectivity index (χ0) is 19.4. The van der Waals surface area contributed by atoms with E-state index >= 15 is 0 Å². The molecule has 0 aliphatic rings. The van der Waals surface area contributed by atoms with Crippen molar-refractivity contribution < 1.29 is 14.0 Å². The number of hydrogen-bond donors (Lipinski definition) is 2. The van der Waals surface area contributed by atoms with Gasteiger partial charge in [-0.1, -0.05) is 23.4 Å². The first-order chi connectivity index (χ1) is 12.9. The molecular weight excluding hydrogens is 362 g/mol. The number of nitrogens with zero attached hydrogens (tertiary/aromatic N) is 1. The minimum atomic E-state index is -0.550. The van der Waals surface area contributed by atoms with Crippen LogP contribution in [0.4, 0.5) is 4.79 Å². The Kier molecular flexibility index (Phi) is 5.81. The van der Waals surface area contributed by atoms with Gasteiger partial charge in [0.2, 0.25) is 5.91 Å². The van der Waals surface area contributed by atoms with E-state index in [0.717, 1.165) is 27.1 Å². The molecule has 1 aromatic carbocycles. The highest BCUT2D eigenvalue weighted by atomic mass is 32.2. The maximum atomic E-state index is 12.0. The van der Waals surface area contributed by atoms with Crippen LogP contribution in [0.1, 0.15) is 22.5 Å². The number of aromatic nitrogens is 1. The van der Waals surface area contributed by atoms with Crippen molar-refractivity contribution in [1.29, 1.82) is 0 Å². The van der Waals surface area contributed by atoms with E-state index in [4.69, 9.17) is 4.42 Å². The lowest BCUT2D eigenvalue weighted by atomic mass is 10.0. The highest BCUT2D eigenvalue weighted by Gasteiger charge is 2.11. The topological polar surface area (TPSA) is 84.2 Å². The van der Waals surface area contributed by atoms with E-state index in [2.05, 4.69) is 34.7 Å². The average molecular weight is 383 g/mol. The summed E-state index contributed by atoms with van der Waals surface area (Å²) < 4.78 is 5.12. The van der Waals surface area contributed by atoms with Gasteiger partial charge in [0.05, 0.1) is 29.1 Å². The molecule has 2 heterocycles. The Hall–Kier alpha value is -2.80. The van der Waals surface area contributed by atoms with Crippen molar-refractivity contribution >= 4 is 34.6 Å². The summed E-state index contributed by atoms with van der Waals surface area (Å²) in [4.78, 5) is 28.4. The molecule has 0 saturated carbocycles. The summed E-state index contributed by atoms with van der Waals surface area (Å²) in [5.74, 6) is 0.349. The van der Waals surface area contributed by atoms with Gasteiger partial charge in [-0.15, -0.1) is 0 Å². The van der Waals surface area contributed by atoms with E-state index in [-0.39, 0.29) is 18.2 Å². The van der Waals surface area contributed by atoms with E-state index in [0.29, 0.717) is 5.76 Å². The minimum absolute atomic E-state index is 0.108. The summed E-state index contributed by atoms with van der Waals surface area (Å²) in [6.07, 6.45) is 1.53.